The van der Waals surface area contributed by atoms with Crippen molar-refractivity contribution in [3.8, 4) is 0 Å². The van der Waals surface area contributed by atoms with E-state index in [9.17, 15) is 25.2 Å². The van der Waals surface area contributed by atoms with Crippen molar-refractivity contribution in [3.05, 3.63) is 23.8 Å². The largest absolute Gasteiger partial charge is 0.390 e. The van der Waals surface area contributed by atoms with Crippen LogP contribution in [0.3, 0.4) is 0 Å². The molecule has 4 aliphatic carbocycles. The van der Waals surface area contributed by atoms with E-state index >= 15 is 0 Å². The Morgan fingerprint density at radius 3 is 2.38 bits per heavy atom. The van der Waals surface area contributed by atoms with Crippen LogP contribution >= 0.6 is 0 Å². The molecule has 6 heteroatoms. The minimum Gasteiger partial charge on any atom is -0.390 e. The van der Waals surface area contributed by atoms with Crippen LogP contribution in [-0.2, 0) is 9.53 Å². The van der Waals surface area contributed by atoms with E-state index in [1.165, 1.54) is 0 Å². The van der Waals surface area contributed by atoms with Gasteiger partial charge in [0.05, 0.1) is 35.1 Å². The highest BCUT2D eigenvalue weighted by Gasteiger charge is 2.69. The summed E-state index contributed by atoms with van der Waals surface area (Å²) in [5, 5.41) is 45.0. The lowest BCUT2D eigenvalue weighted by Gasteiger charge is -2.60. The topological polar surface area (TPSA) is 107 Å². The van der Waals surface area contributed by atoms with Gasteiger partial charge in [-0.1, -0.05) is 20.4 Å². The van der Waals surface area contributed by atoms with E-state index in [2.05, 4.69) is 20.4 Å². The molecule has 4 N–H and O–H groups in total. The van der Waals surface area contributed by atoms with Gasteiger partial charge in [0.15, 0.2) is 5.78 Å². The van der Waals surface area contributed by atoms with Crippen LogP contribution in [0.2, 0.25) is 0 Å². The summed E-state index contributed by atoms with van der Waals surface area (Å²) in [5.74, 6) is -0.615. The van der Waals surface area contributed by atoms with Gasteiger partial charge in [-0.2, -0.15) is 0 Å². The molecule has 1 heterocycles. The van der Waals surface area contributed by atoms with E-state index in [1.54, 1.807) is 6.08 Å². The maximum absolute atomic E-state index is 13.3. The lowest BCUT2D eigenvalue weighted by Crippen LogP contribution is -2.62. The van der Waals surface area contributed by atoms with Crippen molar-refractivity contribution in [1.82, 2.24) is 0 Å². The number of carbonyl (C=O) groups excluding carboxylic acids is 1. The first kappa shape index (κ1) is 24.6. The van der Waals surface area contributed by atoms with Crippen molar-refractivity contribution >= 4 is 5.78 Å². The Morgan fingerprint density at radius 1 is 1.09 bits per heavy atom. The van der Waals surface area contributed by atoms with Crippen LogP contribution in [0.25, 0.3) is 0 Å². The van der Waals surface area contributed by atoms with Gasteiger partial charge in [0.1, 0.15) is 0 Å². The number of aliphatic hydroxyl groups is 4. The quantitative estimate of drug-likeness (QED) is 0.458. The number of allylic oxidation sites excluding steroid dienone is 1. The summed E-state index contributed by atoms with van der Waals surface area (Å²) in [6.45, 7) is 14.1. The van der Waals surface area contributed by atoms with Crippen LogP contribution < -0.4 is 0 Å². The first-order valence-corrected chi connectivity index (χ1v) is 13.0. The minimum atomic E-state index is -1.19. The maximum Gasteiger partial charge on any atom is 0.159 e. The monoisotopic (exact) mass is 474 g/mol. The third-order valence-electron chi connectivity index (χ3n) is 11.2. The molecule has 190 valence electrons. The molecule has 5 aliphatic rings. The first-order chi connectivity index (χ1) is 15.6. The van der Waals surface area contributed by atoms with Crippen LogP contribution in [0.15, 0.2) is 23.8 Å². The van der Waals surface area contributed by atoms with Gasteiger partial charge in [-0.15, -0.1) is 0 Å². The summed E-state index contributed by atoms with van der Waals surface area (Å²) < 4.78 is 6.28. The second kappa shape index (κ2) is 7.25. The van der Waals surface area contributed by atoms with Crippen molar-refractivity contribution in [2.24, 2.45) is 28.6 Å². The Bertz CT molecular complexity index is 951. The SMILES string of the molecule is C=C1CC(C(C)(O)C2CCC3(O)C4=CC(=O)C5CC(O)C(O)CC5(C)C4CCC23C)OC1(C)C. The molecule has 1 saturated heterocycles. The molecular weight excluding hydrogens is 432 g/mol. The van der Waals surface area contributed by atoms with Gasteiger partial charge in [0.2, 0.25) is 0 Å². The third-order valence-corrected chi connectivity index (χ3v) is 11.2. The number of fused-ring (bicyclic) bond motifs is 5. The Morgan fingerprint density at radius 2 is 1.76 bits per heavy atom. The van der Waals surface area contributed by atoms with E-state index in [-0.39, 0.29) is 30.0 Å². The second-order valence-electron chi connectivity index (χ2n) is 13.2. The lowest BCUT2D eigenvalue weighted by atomic mass is 9.45. The Hall–Kier alpha value is -1.05. The summed E-state index contributed by atoms with van der Waals surface area (Å²) in [6.07, 6.45) is 3.38. The fourth-order valence-electron chi connectivity index (χ4n) is 8.81. The summed E-state index contributed by atoms with van der Waals surface area (Å²) in [5.41, 5.74) is -2.18. The Kier molecular flexibility index (Phi) is 5.26. The maximum atomic E-state index is 13.3. The zero-order valence-electron chi connectivity index (χ0n) is 21.3. The normalized spacial score (nSPS) is 51.9. The third kappa shape index (κ3) is 3.02. The molecule has 6 nitrogen and oxygen atoms in total. The van der Waals surface area contributed by atoms with Crippen LogP contribution in [-0.4, -0.2) is 61.3 Å². The molecule has 0 radical (unpaired) electrons. The fraction of sp³-hybridized carbons (Fsp3) is 0.821. The number of hydrogen-bond acceptors (Lipinski definition) is 6. The summed E-state index contributed by atoms with van der Waals surface area (Å²) >= 11 is 0. The molecule has 0 aromatic carbocycles. The Balaban J connectivity index is 1.51. The van der Waals surface area contributed by atoms with E-state index < -0.39 is 45.9 Å². The number of hydrogen-bond donors (Lipinski definition) is 4. The number of aliphatic hydroxyl groups excluding tert-OH is 2. The summed E-state index contributed by atoms with van der Waals surface area (Å²) in [4.78, 5) is 13.3. The highest BCUT2D eigenvalue weighted by atomic mass is 16.5. The molecule has 0 bridgehead atoms. The minimum absolute atomic E-state index is 0.0273. The molecule has 1 aliphatic heterocycles. The van der Waals surface area contributed by atoms with Gasteiger partial charge < -0.3 is 25.2 Å². The molecule has 0 aromatic heterocycles. The molecule has 0 amide bonds. The predicted octanol–water partition coefficient (Wildman–Crippen LogP) is 3.07. The molecule has 0 spiro atoms. The van der Waals surface area contributed by atoms with Crippen molar-refractivity contribution in [2.75, 3.05) is 0 Å². The van der Waals surface area contributed by atoms with E-state index in [0.29, 0.717) is 25.7 Å². The standard InChI is InChI=1S/C28H42O6/c1-15-11-23(34-24(15,2)3)27(6,32)22-8-10-28(33)17-12-19(29)18-13-20(30)21(31)14-25(18,4)16(17)7-9-26(22,28)5/h12,16,18,20-23,30-33H,1,7-11,13-14H2,2-6H3. The average molecular weight is 475 g/mol. The van der Waals surface area contributed by atoms with Crippen molar-refractivity contribution in [3.63, 3.8) is 0 Å². The molecule has 0 aromatic rings. The molecule has 10 atom stereocenters. The number of carbonyl (C=O) groups is 1. The number of ether oxygens (including phenoxy) is 1. The molecule has 3 saturated carbocycles. The van der Waals surface area contributed by atoms with Crippen LogP contribution in [0, 0.1) is 28.6 Å². The number of rotatable bonds is 2. The summed E-state index contributed by atoms with van der Waals surface area (Å²) in [6, 6.07) is 0. The van der Waals surface area contributed by atoms with Crippen molar-refractivity contribution in [1.29, 1.82) is 0 Å². The highest BCUT2D eigenvalue weighted by molar-refractivity contribution is 5.95. The zero-order chi connectivity index (χ0) is 25.1. The van der Waals surface area contributed by atoms with E-state index in [0.717, 1.165) is 24.0 Å². The smallest absolute Gasteiger partial charge is 0.159 e. The number of ketones is 1. The average Bonchev–Trinajstić information content (AvgIpc) is 3.17. The van der Waals surface area contributed by atoms with Gasteiger partial charge >= 0.3 is 0 Å². The summed E-state index contributed by atoms with van der Waals surface area (Å²) in [7, 11) is 0. The van der Waals surface area contributed by atoms with Gasteiger partial charge in [-0.3, -0.25) is 4.79 Å². The molecule has 5 rings (SSSR count). The zero-order valence-corrected chi connectivity index (χ0v) is 21.3. The van der Waals surface area contributed by atoms with Crippen molar-refractivity contribution in [2.45, 2.75) is 115 Å². The van der Waals surface area contributed by atoms with Gasteiger partial charge in [0, 0.05) is 11.3 Å². The fourth-order valence-corrected chi connectivity index (χ4v) is 8.81. The molecular formula is C28H42O6. The van der Waals surface area contributed by atoms with Crippen LogP contribution in [0.1, 0.15) is 79.6 Å². The molecule has 34 heavy (non-hydrogen) atoms. The molecule has 4 fully saturated rings. The van der Waals surface area contributed by atoms with Gasteiger partial charge in [-0.25, -0.2) is 0 Å². The van der Waals surface area contributed by atoms with Crippen LogP contribution in [0.5, 0.6) is 0 Å². The first-order valence-electron chi connectivity index (χ1n) is 13.0. The van der Waals surface area contributed by atoms with E-state index in [1.807, 2.05) is 20.8 Å². The Labute approximate surface area is 203 Å². The highest BCUT2D eigenvalue weighted by Crippen LogP contribution is 2.69. The second-order valence-corrected chi connectivity index (χ2v) is 13.2. The molecule has 10 unspecified atom stereocenters. The lowest BCUT2D eigenvalue weighted by molar-refractivity contribution is -0.187. The van der Waals surface area contributed by atoms with Crippen molar-refractivity contribution < 1.29 is 30.0 Å². The van der Waals surface area contributed by atoms with Gasteiger partial charge in [-0.05, 0) is 100 Å². The van der Waals surface area contributed by atoms with Gasteiger partial charge in [0.25, 0.3) is 0 Å². The van der Waals surface area contributed by atoms with Crippen LogP contribution in [0.4, 0.5) is 0 Å². The van der Waals surface area contributed by atoms with E-state index in [4.69, 9.17) is 4.74 Å². The predicted molar refractivity (Wildman–Crippen MR) is 128 cm³/mol.